The predicted molar refractivity (Wildman–Crippen MR) is 98.2 cm³/mol. The fourth-order valence-electron chi connectivity index (χ4n) is 2.46. The van der Waals surface area contributed by atoms with E-state index in [0.29, 0.717) is 16.9 Å². The first-order valence-corrected chi connectivity index (χ1v) is 7.97. The van der Waals surface area contributed by atoms with E-state index in [4.69, 9.17) is 0 Å². The minimum atomic E-state index is -0.508. The van der Waals surface area contributed by atoms with Gasteiger partial charge in [-0.05, 0) is 36.8 Å². The van der Waals surface area contributed by atoms with Crippen LogP contribution in [0.4, 0.5) is 11.4 Å². The number of nitro groups is 1. The molecule has 0 unspecified atom stereocenters. The Labute approximate surface area is 153 Å². The number of carbonyl (C=O) groups is 1. The van der Waals surface area contributed by atoms with Gasteiger partial charge >= 0.3 is 0 Å². The number of non-ortho nitro benzene ring substituents is 1. The van der Waals surface area contributed by atoms with Gasteiger partial charge in [-0.15, -0.1) is 0 Å². The Balaban J connectivity index is 1.78. The number of pyridine rings is 1. The monoisotopic (exact) mass is 365 g/mol. The quantitative estimate of drug-likeness (QED) is 0.546. The number of amides is 1. The summed E-state index contributed by atoms with van der Waals surface area (Å²) in [6.45, 7) is 1.36. The van der Waals surface area contributed by atoms with Crippen LogP contribution in [-0.2, 0) is 11.3 Å². The smallest absolute Gasteiger partial charge is 0.269 e. The van der Waals surface area contributed by atoms with Crippen LogP contribution in [0, 0.1) is 17.0 Å². The molecule has 0 bridgehead atoms. The molecule has 0 saturated carbocycles. The van der Waals surface area contributed by atoms with Gasteiger partial charge in [-0.3, -0.25) is 24.7 Å². The molecule has 0 aliphatic heterocycles. The number of rotatable bonds is 5. The van der Waals surface area contributed by atoms with Crippen molar-refractivity contribution in [1.29, 1.82) is 0 Å². The van der Waals surface area contributed by atoms with Gasteiger partial charge in [0.25, 0.3) is 11.2 Å². The van der Waals surface area contributed by atoms with E-state index in [1.165, 1.54) is 24.3 Å². The maximum atomic E-state index is 12.3. The van der Waals surface area contributed by atoms with Gasteiger partial charge in [0.15, 0.2) is 0 Å². The molecule has 2 aromatic heterocycles. The molecule has 0 saturated heterocycles. The fraction of sp³-hybridized carbons (Fsp3) is 0.111. The normalized spacial score (nSPS) is 10.4. The number of nitro benzene ring substituents is 1. The predicted octanol–water partition coefficient (Wildman–Crippen LogP) is 2.16. The molecular weight excluding hydrogens is 350 g/mol. The Morgan fingerprint density at radius 3 is 2.74 bits per heavy atom. The van der Waals surface area contributed by atoms with Crippen LogP contribution < -0.4 is 10.9 Å². The van der Waals surface area contributed by atoms with Gasteiger partial charge in [0.05, 0.1) is 10.6 Å². The Morgan fingerprint density at radius 1 is 1.26 bits per heavy atom. The van der Waals surface area contributed by atoms with E-state index in [9.17, 15) is 19.7 Å². The highest BCUT2D eigenvalue weighted by Gasteiger charge is 2.12. The Hall–Kier alpha value is -3.88. The van der Waals surface area contributed by atoms with Crippen molar-refractivity contribution >= 4 is 17.3 Å². The van der Waals surface area contributed by atoms with Gasteiger partial charge in [0.1, 0.15) is 6.54 Å². The van der Waals surface area contributed by atoms with Crippen LogP contribution in [0.25, 0.3) is 11.3 Å². The summed E-state index contributed by atoms with van der Waals surface area (Å²) in [7, 11) is 0. The molecule has 1 aromatic carbocycles. The van der Waals surface area contributed by atoms with Crippen LogP contribution in [0.5, 0.6) is 0 Å². The lowest BCUT2D eigenvalue weighted by Crippen LogP contribution is -2.29. The Kier molecular flexibility index (Phi) is 5.02. The summed E-state index contributed by atoms with van der Waals surface area (Å²) in [4.78, 5) is 38.6. The molecule has 0 fully saturated rings. The highest BCUT2D eigenvalue weighted by molar-refractivity contribution is 5.91. The van der Waals surface area contributed by atoms with E-state index in [-0.39, 0.29) is 12.2 Å². The molecule has 27 heavy (non-hydrogen) atoms. The summed E-state index contributed by atoms with van der Waals surface area (Å²) in [6, 6.07) is 10.6. The van der Waals surface area contributed by atoms with Gasteiger partial charge in [-0.1, -0.05) is 0 Å². The summed E-state index contributed by atoms with van der Waals surface area (Å²) in [5.74, 6) is -0.468. The van der Waals surface area contributed by atoms with Gasteiger partial charge in [0, 0.05) is 41.8 Å². The van der Waals surface area contributed by atoms with E-state index in [1.807, 2.05) is 0 Å². The van der Waals surface area contributed by atoms with Crippen LogP contribution in [0.1, 0.15) is 5.56 Å². The highest BCUT2D eigenvalue weighted by atomic mass is 16.6. The van der Waals surface area contributed by atoms with Gasteiger partial charge in [-0.25, -0.2) is 4.68 Å². The van der Waals surface area contributed by atoms with Crippen LogP contribution in [0.2, 0.25) is 0 Å². The largest absolute Gasteiger partial charge is 0.324 e. The first-order valence-electron chi connectivity index (χ1n) is 7.97. The van der Waals surface area contributed by atoms with Gasteiger partial charge in [-0.2, -0.15) is 5.10 Å². The van der Waals surface area contributed by atoms with Crippen LogP contribution >= 0.6 is 0 Å². The number of aromatic nitrogens is 3. The third-order valence-electron chi connectivity index (χ3n) is 3.81. The van der Waals surface area contributed by atoms with Crippen molar-refractivity contribution in [3.05, 3.63) is 80.9 Å². The number of carbonyl (C=O) groups excluding carboxylic acids is 1. The molecule has 1 amide bonds. The maximum absolute atomic E-state index is 12.3. The third kappa shape index (κ3) is 4.21. The van der Waals surface area contributed by atoms with E-state index in [0.717, 1.165) is 10.2 Å². The molecule has 9 nitrogen and oxygen atoms in total. The van der Waals surface area contributed by atoms with Crippen LogP contribution in [0.15, 0.2) is 59.7 Å². The van der Waals surface area contributed by atoms with E-state index in [2.05, 4.69) is 15.4 Å². The van der Waals surface area contributed by atoms with E-state index >= 15 is 0 Å². The van der Waals surface area contributed by atoms with Gasteiger partial charge in [0.2, 0.25) is 5.91 Å². The SMILES string of the molecule is Cc1cc([N+](=O)[O-])ccc1NC(=O)Cn1nc(-c2cccnc2)ccc1=O. The number of hydrogen-bond acceptors (Lipinski definition) is 6. The first kappa shape index (κ1) is 17.9. The van der Waals surface area contributed by atoms with Crippen molar-refractivity contribution in [3.63, 3.8) is 0 Å². The molecule has 0 radical (unpaired) electrons. The molecule has 1 N–H and O–H groups in total. The molecule has 0 aliphatic rings. The maximum Gasteiger partial charge on any atom is 0.269 e. The van der Waals surface area contributed by atoms with E-state index in [1.54, 1.807) is 37.5 Å². The molecular formula is C18H15N5O4. The molecule has 3 rings (SSSR count). The number of nitrogens with one attached hydrogen (secondary N) is 1. The molecule has 2 heterocycles. The van der Waals surface area contributed by atoms with Crippen molar-refractivity contribution in [1.82, 2.24) is 14.8 Å². The van der Waals surface area contributed by atoms with Crippen molar-refractivity contribution in [2.24, 2.45) is 0 Å². The molecule has 0 atom stereocenters. The zero-order valence-electron chi connectivity index (χ0n) is 14.3. The lowest BCUT2D eigenvalue weighted by atomic mass is 10.2. The van der Waals surface area contributed by atoms with E-state index < -0.39 is 16.4 Å². The minimum Gasteiger partial charge on any atom is -0.324 e. The number of hydrogen-bond donors (Lipinski definition) is 1. The zero-order valence-corrected chi connectivity index (χ0v) is 14.3. The number of benzene rings is 1. The average molecular weight is 365 g/mol. The number of nitrogens with zero attached hydrogens (tertiary/aromatic N) is 4. The lowest BCUT2D eigenvalue weighted by molar-refractivity contribution is -0.384. The standard InChI is InChI=1S/C18H15N5O4/c1-12-9-14(23(26)27)4-5-15(12)20-17(24)11-22-18(25)7-6-16(21-22)13-3-2-8-19-10-13/h2-10H,11H2,1H3,(H,20,24). The van der Waals surface area contributed by atoms with Crippen LogP contribution in [0.3, 0.4) is 0 Å². The molecule has 136 valence electrons. The molecule has 3 aromatic rings. The summed E-state index contributed by atoms with van der Waals surface area (Å²) < 4.78 is 1.05. The second-order valence-corrected chi connectivity index (χ2v) is 5.76. The van der Waals surface area contributed by atoms with Crippen molar-refractivity contribution in [2.75, 3.05) is 5.32 Å². The van der Waals surface area contributed by atoms with Crippen molar-refractivity contribution in [3.8, 4) is 11.3 Å². The zero-order chi connectivity index (χ0) is 19.4. The summed E-state index contributed by atoms with van der Waals surface area (Å²) >= 11 is 0. The van der Waals surface area contributed by atoms with Crippen molar-refractivity contribution < 1.29 is 9.72 Å². The number of aryl methyl sites for hydroxylation is 1. The van der Waals surface area contributed by atoms with Crippen LogP contribution in [-0.4, -0.2) is 25.6 Å². The third-order valence-corrected chi connectivity index (χ3v) is 3.81. The van der Waals surface area contributed by atoms with Crippen molar-refractivity contribution in [2.45, 2.75) is 13.5 Å². The first-order chi connectivity index (χ1) is 12.9. The topological polar surface area (TPSA) is 120 Å². The molecule has 0 spiro atoms. The molecule has 9 heteroatoms. The summed E-state index contributed by atoms with van der Waals surface area (Å²) in [6.07, 6.45) is 3.23. The lowest BCUT2D eigenvalue weighted by Gasteiger charge is -2.10. The second kappa shape index (κ2) is 7.56. The Bertz CT molecular complexity index is 1060. The highest BCUT2D eigenvalue weighted by Crippen LogP contribution is 2.21. The average Bonchev–Trinajstić information content (AvgIpc) is 2.65. The minimum absolute atomic E-state index is 0.0624. The summed E-state index contributed by atoms with van der Waals surface area (Å²) in [5.41, 5.74) is 1.73. The number of anilines is 1. The molecule has 0 aliphatic carbocycles. The second-order valence-electron chi connectivity index (χ2n) is 5.76. The Morgan fingerprint density at radius 2 is 2.07 bits per heavy atom. The fourth-order valence-corrected chi connectivity index (χ4v) is 2.46. The van der Waals surface area contributed by atoms with Gasteiger partial charge < -0.3 is 5.32 Å². The summed E-state index contributed by atoms with van der Waals surface area (Å²) in [5, 5.41) is 17.6.